The molecule has 0 unspecified atom stereocenters. The van der Waals surface area contributed by atoms with E-state index in [4.69, 9.17) is 17.4 Å². The monoisotopic (exact) mass is 186 g/mol. The van der Waals surface area contributed by atoms with Crippen molar-refractivity contribution in [3.05, 3.63) is 17.8 Å². The summed E-state index contributed by atoms with van der Waals surface area (Å²) in [5, 5.41) is 11.8. The van der Waals surface area contributed by atoms with Crippen LogP contribution in [0.4, 0.5) is 11.5 Å². The Morgan fingerprint density at radius 1 is 1.64 bits per heavy atom. The molecule has 14 heavy (non-hydrogen) atoms. The van der Waals surface area contributed by atoms with Gasteiger partial charge in [-0.1, -0.05) is 0 Å². The highest BCUT2D eigenvalue weighted by Gasteiger charge is 2.01. The third-order valence-corrected chi connectivity index (χ3v) is 1.63. The number of aromatic nitrogens is 1. The molecular formula is C10H10N4. The molecule has 0 radical (unpaired) electrons. The minimum atomic E-state index is 0.382. The van der Waals surface area contributed by atoms with E-state index >= 15 is 0 Å². The second kappa shape index (κ2) is 4.74. The van der Waals surface area contributed by atoms with Crippen molar-refractivity contribution < 1.29 is 0 Å². The van der Waals surface area contributed by atoms with Crippen LogP contribution in [0, 0.1) is 23.7 Å². The number of nitrogen functional groups attached to an aromatic ring is 1. The van der Waals surface area contributed by atoms with Crippen molar-refractivity contribution in [2.75, 3.05) is 17.6 Å². The molecule has 3 N–H and O–H groups in total. The first kappa shape index (κ1) is 9.88. The van der Waals surface area contributed by atoms with Gasteiger partial charge in [-0.05, 0) is 0 Å². The first-order chi connectivity index (χ1) is 6.77. The van der Waals surface area contributed by atoms with Gasteiger partial charge in [0.15, 0.2) is 0 Å². The van der Waals surface area contributed by atoms with Crippen molar-refractivity contribution in [2.24, 2.45) is 0 Å². The first-order valence-corrected chi connectivity index (χ1v) is 4.11. The molecule has 0 spiro atoms. The van der Waals surface area contributed by atoms with Crippen LogP contribution in [0.25, 0.3) is 0 Å². The number of nitrogens with zero attached hydrogens (tertiary/aromatic N) is 2. The van der Waals surface area contributed by atoms with Gasteiger partial charge < -0.3 is 11.1 Å². The number of nitrogens with two attached hydrogens (primary N) is 1. The lowest BCUT2D eigenvalue weighted by molar-refractivity contribution is 1.09. The normalized spacial score (nSPS) is 8.71. The number of nitrogens with one attached hydrogen (secondary N) is 1. The van der Waals surface area contributed by atoms with E-state index in [1.165, 1.54) is 6.20 Å². The Balaban J connectivity index is 2.80. The number of pyridine rings is 1. The summed E-state index contributed by atoms with van der Waals surface area (Å²) in [4.78, 5) is 3.81. The summed E-state index contributed by atoms with van der Waals surface area (Å²) in [6, 6.07) is 3.64. The second-order valence-corrected chi connectivity index (χ2v) is 2.65. The summed E-state index contributed by atoms with van der Waals surface area (Å²) in [5.41, 5.74) is 6.63. The average Bonchev–Trinajstić information content (AvgIpc) is 2.19. The van der Waals surface area contributed by atoms with Crippen molar-refractivity contribution in [3.63, 3.8) is 0 Å². The zero-order valence-corrected chi connectivity index (χ0v) is 7.62. The molecule has 0 fully saturated rings. The molecule has 1 heterocycles. The molecule has 1 aromatic heterocycles. The summed E-state index contributed by atoms with van der Waals surface area (Å²) in [6.45, 7) is 0.620. The van der Waals surface area contributed by atoms with Gasteiger partial charge in [0.2, 0.25) is 0 Å². The van der Waals surface area contributed by atoms with E-state index in [-0.39, 0.29) is 0 Å². The van der Waals surface area contributed by atoms with Crippen LogP contribution in [0.3, 0.4) is 0 Å². The summed E-state index contributed by atoms with van der Waals surface area (Å²) >= 11 is 0. The Morgan fingerprint density at radius 2 is 2.43 bits per heavy atom. The Bertz CT molecular complexity index is 398. The van der Waals surface area contributed by atoms with Crippen LogP contribution in [-0.4, -0.2) is 11.5 Å². The van der Waals surface area contributed by atoms with Crippen LogP contribution in [0.15, 0.2) is 12.3 Å². The Kier molecular flexibility index (Phi) is 3.34. The standard InChI is InChI=1S/C10H10N4/c1-2-3-4-13-9-5-10(12)14-7-8(9)6-11/h1,5,7H,3-4H2,(H3,12,13,14). The number of terminal acetylenes is 1. The predicted molar refractivity (Wildman–Crippen MR) is 55.3 cm³/mol. The molecule has 70 valence electrons. The maximum Gasteiger partial charge on any atom is 0.125 e. The van der Waals surface area contributed by atoms with Gasteiger partial charge in [0.05, 0.1) is 11.3 Å². The third kappa shape index (κ3) is 2.40. The van der Waals surface area contributed by atoms with E-state index in [1.54, 1.807) is 6.07 Å². The summed E-state index contributed by atoms with van der Waals surface area (Å²) in [7, 11) is 0. The predicted octanol–water partition coefficient (Wildman–Crippen LogP) is 0.971. The molecule has 0 saturated carbocycles. The van der Waals surface area contributed by atoms with Crippen LogP contribution in [-0.2, 0) is 0 Å². The zero-order valence-electron chi connectivity index (χ0n) is 7.62. The lowest BCUT2D eigenvalue weighted by Crippen LogP contribution is -2.04. The maximum absolute atomic E-state index is 8.75. The van der Waals surface area contributed by atoms with E-state index < -0.39 is 0 Å². The molecule has 0 amide bonds. The van der Waals surface area contributed by atoms with E-state index in [0.717, 1.165) is 0 Å². The largest absolute Gasteiger partial charge is 0.384 e. The lowest BCUT2D eigenvalue weighted by atomic mass is 10.2. The molecule has 1 aromatic rings. The molecule has 4 heteroatoms. The third-order valence-electron chi connectivity index (χ3n) is 1.63. The Hall–Kier alpha value is -2.20. The average molecular weight is 186 g/mol. The molecule has 0 aliphatic carbocycles. The van der Waals surface area contributed by atoms with Gasteiger partial charge in [-0.3, -0.25) is 0 Å². The van der Waals surface area contributed by atoms with E-state index in [0.29, 0.717) is 30.0 Å². The van der Waals surface area contributed by atoms with Crippen molar-refractivity contribution in [1.29, 1.82) is 5.26 Å². The highest BCUT2D eigenvalue weighted by molar-refractivity contribution is 5.60. The van der Waals surface area contributed by atoms with E-state index in [1.807, 2.05) is 6.07 Å². The molecule has 0 bridgehead atoms. The van der Waals surface area contributed by atoms with Crippen LogP contribution < -0.4 is 11.1 Å². The van der Waals surface area contributed by atoms with Gasteiger partial charge in [-0.2, -0.15) is 5.26 Å². The second-order valence-electron chi connectivity index (χ2n) is 2.65. The molecule has 0 aliphatic heterocycles. The van der Waals surface area contributed by atoms with Gasteiger partial charge >= 0.3 is 0 Å². The first-order valence-electron chi connectivity index (χ1n) is 4.11. The number of hydrogen-bond donors (Lipinski definition) is 2. The van der Waals surface area contributed by atoms with Crippen LogP contribution >= 0.6 is 0 Å². The van der Waals surface area contributed by atoms with Crippen molar-refractivity contribution in [1.82, 2.24) is 4.98 Å². The van der Waals surface area contributed by atoms with E-state index in [2.05, 4.69) is 16.2 Å². The number of hydrogen-bond acceptors (Lipinski definition) is 4. The summed E-state index contributed by atoms with van der Waals surface area (Å²) in [5.74, 6) is 2.88. The molecule has 0 atom stereocenters. The minimum absolute atomic E-state index is 0.382. The lowest BCUT2D eigenvalue weighted by Gasteiger charge is -2.06. The molecule has 1 rings (SSSR count). The van der Waals surface area contributed by atoms with Gasteiger partial charge in [0, 0.05) is 25.2 Å². The van der Waals surface area contributed by atoms with Crippen LogP contribution in [0.5, 0.6) is 0 Å². The topological polar surface area (TPSA) is 74.7 Å². The minimum Gasteiger partial charge on any atom is -0.384 e. The molecular weight excluding hydrogens is 176 g/mol. The fourth-order valence-corrected chi connectivity index (χ4v) is 0.976. The van der Waals surface area contributed by atoms with Crippen molar-refractivity contribution in [2.45, 2.75) is 6.42 Å². The highest BCUT2D eigenvalue weighted by atomic mass is 14.9. The van der Waals surface area contributed by atoms with Crippen molar-refractivity contribution >= 4 is 11.5 Å². The molecule has 4 nitrogen and oxygen atoms in total. The van der Waals surface area contributed by atoms with Gasteiger partial charge in [-0.25, -0.2) is 4.98 Å². The molecule has 0 aliphatic rings. The van der Waals surface area contributed by atoms with Gasteiger partial charge in [0.25, 0.3) is 0 Å². The number of nitriles is 1. The quantitative estimate of drug-likeness (QED) is 0.545. The van der Waals surface area contributed by atoms with Crippen LogP contribution in [0.1, 0.15) is 12.0 Å². The van der Waals surface area contributed by atoms with Crippen LogP contribution in [0.2, 0.25) is 0 Å². The molecule has 0 saturated heterocycles. The van der Waals surface area contributed by atoms with Gasteiger partial charge in [0.1, 0.15) is 11.9 Å². The van der Waals surface area contributed by atoms with Crippen molar-refractivity contribution in [3.8, 4) is 18.4 Å². The summed E-state index contributed by atoms with van der Waals surface area (Å²) < 4.78 is 0. The fourth-order valence-electron chi connectivity index (χ4n) is 0.976. The number of anilines is 2. The fraction of sp³-hybridized carbons (Fsp3) is 0.200. The summed E-state index contributed by atoms with van der Waals surface area (Å²) in [6.07, 6.45) is 7.14. The molecule has 0 aromatic carbocycles. The highest BCUT2D eigenvalue weighted by Crippen LogP contribution is 2.15. The Labute approximate surface area is 82.8 Å². The number of rotatable bonds is 3. The smallest absolute Gasteiger partial charge is 0.125 e. The maximum atomic E-state index is 8.75. The Morgan fingerprint density at radius 3 is 3.07 bits per heavy atom. The zero-order chi connectivity index (χ0) is 10.4. The SMILES string of the molecule is C#CCCNc1cc(N)ncc1C#N. The van der Waals surface area contributed by atoms with E-state index in [9.17, 15) is 0 Å². The van der Waals surface area contributed by atoms with Gasteiger partial charge in [-0.15, -0.1) is 12.3 Å².